The monoisotopic (exact) mass is 325 g/mol. The van der Waals surface area contributed by atoms with Crippen molar-refractivity contribution in [1.29, 1.82) is 0 Å². The van der Waals surface area contributed by atoms with Crippen molar-refractivity contribution in [2.75, 3.05) is 19.6 Å². The van der Waals surface area contributed by atoms with E-state index < -0.39 is 0 Å². The zero-order valence-corrected chi connectivity index (χ0v) is 15.1. The molecule has 0 fully saturated rings. The van der Waals surface area contributed by atoms with Crippen LogP contribution in [0.2, 0.25) is 0 Å². The van der Waals surface area contributed by atoms with Gasteiger partial charge in [-0.25, -0.2) is 0 Å². The number of ether oxygens (including phenoxy) is 1. The number of benzene rings is 2. The molecular weight excluding hydrogens is 298 g/mol. The topological polar surface area (TPSA) is 29.5 Å². The molecule has 0 aliphatic rings. The second-order valence-electron chi connectivity index (χ2n) is 6.16. The number of ketones is 1. The molecule has 0 radical (unpaired) electrons. The van der Waals surface area contributed by atoms with E-state index in [-0.39, 0.29) is 5.78 Å². The van der Waals surface area contributed by atoms with Gasteiger partial charge >= 0.3 is 0 Å². The second kappa shape index (κ2) is 8.65. The van der Waals surface area contributed by atoms with Gasteiger partial charge in [-0.2, -0.15) is 0 Å². The van der Waals surface area contributed by atoms with E-state index in [1.807, 2.05) is 25.1 Å². The summed E-state index contributed by atoms with van der Waals surface area (Å²) in [6.45, 7) is 10.8. The number of aryl methyl sites for hydroxylation is 2. The number of carbonyl (C=O) groups excluding carboxylic acids is 1. The van der Waals surface area contributed by atoms with E-state index in [1.165, 1.54) is 5.56 Å². The van der Waals surface area contributed by atoms with Gasteiger partial charge in [-0.05, 0) is 44.6 Å². The third-order valence-electron chi connectivity index (χ3n) is 4.21. The molecule has 3 nitrogen and oxygen atoms in total. The predicted molar refractivity (Wildman–Crippen MR) is 98.8 cm³/mol. The van der Waals surface area contributed by atoms with Crippen LogP contribution in [0.15, 0.2) is 42.5 Å². The summed E-state index contributed by atoms with van der Waals surface area (Å²) in [5.41, 5.74) is 4.07. The third-order valence-corrected chi connectivity index (χ3v) is 4.21. The molecule has 0 saturated heterocycles. The molecule has 2 aromatic rings. The Morgan fingerprint density at radius 2 is 1.58 bits per heavy atom. The van der Waals surface area contributed by atoms with Crippen LogP contribution in [-0.4, -0.2) is 30.3 Å². The highest BCUT2D eigenvalue weighted by atomic mass is 16.5. The maximum Gasteiger partial charge on any atom is 0.180 e. The van der Waals surface area contributed by atoms with Crippen LogP contribution in [0.4, 0.5) is 0 Å². The summed E-state index contributed by atoms with van der Waals surface area (Å²) < 4.78 is 5.95. The first-order valence-corrected chi connectivity index (χ1v) is 8.58. The molecule has 128 valence electrons. The van der Waals surface area contributed by atoms with E-state index in [0.717, 1.165) is 24.2 Å². The molecule has 0 atom stereocenters. The van der Waals surface area contributed by atoms with Gasteiger partial charge < -0.3 is 4.74 Å². The summed E-state index contributed by atoms with van der Waals surface area (Å²) in [5, 5.41) is 0. The molecule has 0 aliphatic carbocycles. The van der Waals surface area contributed by atoms with E-state index in [1.54, 1.807) is 0 Å². The zero-order chi connectivity index (χ0) is 17.5. The normalized spacial score (nSPS) is 10.9. The number of Topliss-reactive ketones (excluding diaryl/α,β-unsaturated/α-hetero) is 1. The quantitative estimate of drug-likeness (QED) is 0.673. The van der Waals surface area contributed by atoms with Gasteiger partial charge in [0.2, 0.25) is 0 Å². The number of nitrogens with zero attached hydrogens (tertiary/aromatic N) is 1. The van der Waals surface area contributed by atoms with Crippen LogP contribution in [0, 0.1) is 13.8 Å². The van der Waals surface area contributed by atoms with Gasteiger partial charge in [0.15, 0.2) is 5.78 Å². The Balaban J connectivity index is 2.14. The standard InChI is InChI=1S/C21H27NO2/c1-5-22(6-2)14-20(23)19-13-17(4)9-12-21(19)24-15-18-10-7-16(3)8-11-18/h7-13H,5-6,14-15H2,1-4H3. The van der Waals surface area contributed by atoms with Crippen molar-refractivity contribution in [3.63, 3.8) is 0 Å². The molecule has 0 N–H and O–H groups in total. The number of hydrogen-bond acceptors (Lipinski definition) is 3. The fourth-order valence-electron chi connectivity index (χ4n) is 2.57. The second-order valence-corrected chi connectivity index (χ2v) is 6.16. The highest BCUT2D eigenvalue weighted by Crippen LogP contribution is 2.22. The van der Waals surface area contributed by atoms with Crippen molar-refractivity contribution >= 4 is 5.78 Å². The van der Waals surface area contributed by atoms with Crippen molar-refractivity contribution < 1.29 is 9.53 Å². The van der Waals surface area contributed by atoms with Gasteiger partial charge in [0.25, 0.3) is 0 Å². The minimum absolute atomic E-state index is 0.112. The number of hydrogen-bond donors (Lipinski definition) is 0. The Kier molecular flexibility index (Phi) is 6.56. The van der Waals surface area contributed by atoms with Gasteiger partial charge in [0, 0.05) is 0 Å². The van der Waals surface area contributed by atoms with Crippen molar-refractivity contribution in [1.82, 2.24) is 4.90 Å². The maximum absolute atomic E-state index is 12.7. The van der Waals surface area contributed by atoms with Crippen molar-refractivity contribution in [2.45, 2.75) is 34.3 Å². The summed E-state index contributed by atoms with van der Waals surface area (Å²) in [4.78, 5) is 14.8. The van der Waals surface area contributed by atoms with Crippen LogP contribution in [-0.2, 0) is 6.61 Å². The van der Waals surface area contributed by atoms with Crippen LogP contribution >= 0.6 is 0 Å². The highest BCUT2D eigenvalue weighted by Gasteiger charge is 2.15. The Labute approximate surface area is 145 Å². The molecule has 0 heterocycles. The molecular formula is C21H27NO2. The lowest BCUT2D eigenvalue weighted by Gasteiger charge is -2.18. The molecule has 2 rings (SSSR count). The summed E-state index contributed by atoms with van der Waals surface area (Å²) in [6, 6.07) is 14.1. The molecule has 0 saturated carbocycles. The van der Waals surface area contributed by atoms with Gasteiger partial charge in [0.1, 0.15) is 12.4 Å². The SMILES string of the molecule is CCN(CC)CC(=O)c1cc(C)ccc1OCc1ccc(C)cc1. The lowest BCUT2D eigenvalue weighted by molar-refractivity contribution is 0.0933. The molecule has 0 amide bonds. The van der Waals surface area contributed by atoms with E-state index in [4.69, 9.17) is 4.74 Å². The van der Waals surface area contributed by atoms with E-state index in [2.05, 4.69) is 49.9 Å². The van der Waals surface area contributed by atoms with Gasteiger partial charge in [-0.3, -0.25) is 9.69 Å². The summed E-state index contributed by atoms with van der Waals surface area (Å²) in [6.07, 6.45) is 0. The summed E-state index contributed by atoms with van der Waals surface area (Å²) in [7, 11) is 0. The minimum atomic E-state index is 0.112. The van der Waals surface area contributed by atoms with Gasteiger partial charge in [-0.1, -0.05) is 55.3 Å². The first-order valence-electron chi connectivity index (χ1n) is 8.58. The lowest BCUT2D eigenvalue weighted by Crippen LogP contribution is -2.29. The van der Waals surface area contributed by atoms with Crippen LogP contribution in [0.1, 0.15) is 40.9 Å². The Morgan fingerprint density at radius 1 is 0.958 bits per heavy atom. The van der Waals surface area contributed by atoms with Gasteiger partial charge in [-0.15, -0.1) is 0 Å². The average Bonchev–Trinajstić information content (AvgIpc) is 2.59. The van der Waals surface area contributed by atoms with Gasteiger partial charge in [0.05, 0.1) is 12.1 Å². The molecule has 0 aromatic heterocycles. The van der Waals surface area contributed by atoms with Crippen LogP contribution in [0.25, 0.3) is 0 Å². The summed E-state index contributed by atoms with van der Waals surface area (Å²) in [5.74, 6) is 0.777. The zero-order valence-electron chi connectivity index (χ0n) is 15.1. The Hall–Kier alpha value is -2.13. The first kappa shape index (κ1) is 18.2. The third kappa shape index (κ3) is 4.93. The fraction of sp³-hybridized carbons (Fsp3) is 0.381. The predicted octanol–water partition coefficient (Wildman–Crippen LogP) is 4.41. The fourth-order valence-corrected chi connectivity index (χ4v) is 2.57. The highest BCUT2D eigenvalue weighted by molar-refractivity contribution is 6.00. The molecule has 0 bridgehead atoms. The first-order chi connectivity index (χ1) is 11.5. The van der Waals surface area contributed by atoms with Crippen molar-refractivity contribution in [3.05, 3.63) is 64.7 Å². The van der Waals surface area contributed by atoms with E-state index in [0.29, 0.717) is 24.5 Å². The van der Waals surface area contributed by atoms with Crippen LogP contribution < -0.4 is 4.74 Å². The lowest BCUT2D eigenvalue weighted by atomic mass is 10.1. The van der Waals surface area contributed by atoms with Crippen LogP contribution in [0.5, 0.6) is 5.75 Å². The Morgan fingerprint density at radius 3 is 2.21 bits per heavy atom. The molecule has 2 aromatic carbocycles. The molecule has 24 heavy (non-hydrogen) atoms. The average molecular weight is 325 g/mol. The molecule has 0 unspecified atom stereocenters. The summed E-state index contributed by atoms with van der Waals surface area (Å²) >= 11 is 0. The van der Waals surface area contributed by atoms with Crippen LogP contribution in [0.3, 0.4) is 0 Å². The molecule has 0 spiro atoms. The number of carbonyl (C=O) groups is 1. The van der Waals surface area contributed by atoms with Crippen molar-refractivity contribution in [3.8, 4) is 5.75 Å². The minimum Gasteiger partial charge on any atom is -0.488 e. The van der Waals surface area contributed by atoms with E-state index in [9.17, 15) is 4.79 Å². The maximum atomic E-state index is 12.7. The molecule has 3 heteroatoms. The van der Waals surface area contributed by atoms with E-state index >= 15 is 0 Å². The molecule has 0 aliphatic heterocycles. The number of likely N-dealkylation sites (N-methyl/N-ethyl adjacent to an activating group) is 1. The number of rotatable bonds is 8. The van der Waals surface area contributed by atoms with Crippen molar-refractivity contribution in [2.24, 2.45) is 0 Å². The smallest absolute Gasteiger partial charge is 0.180 e. The largest absolute Gasteiger partial charge is 0.488 e. The Bertz CT molecular complexity index is 673.